The van der Waals surface area contributed by atoms with Gasteiger partial charge in [0, 0.05) is 57.0 Å². The van der Waals surface area contributed by atoms with Crippen LogP contribution in [0.4, 0.5) is 11.8 Å². The van der Waals surface area contributed by atoms with E-state index in [0.29, 0.717) is 0 Å². The summed E-state index contributed by atoms with van der Waals surface area (Å²) in [7, 11) is 0. The van der Waals surface area contributed by atoms with Gasteiger partial charge in [-0.25, -0.2) is 24.9 Å². The van der Waals surface area contributed by atoms with Crippen molar-refractivity contribution in [2.45, 2.75) is 0 Å². The minimum absolute atomic E-state index is 0.786. The summed E-state index contributed by atoms with van der Waals surface area (Å²) in [4.78, 5) is 25.8. The fourth-order valence-corrected chi connectivity index (χ4v) is 2.64. The van der Waals surface area contributed by atoms with Crippen LogP contribution in [-0.2, 0) is 0 Å². The third-order valence-corrected chi connectivity index (χ3v) is 3.85. The number of aromatic nitrogens is 6. The van der Waals surface area contributed by atoms with Crippen LogP contribution in [0.3, 0.4) is 0 Å². The summed E-state index contributed by atoms with van der Waals surface area (Å²) >= 11 is 0. The lowest BCUT2D eigenvalue weighted by Gasteiger charge is -2.35. The molecule has 0 aromatic carbocycles. The van der Waals surface area contributed by atoms with E-state index in [-0.39, 0.29) is 0 Å². The number of nitrogens with zero attached hydrogens (tertiary/aromatic N) is 8. The summed E-state index contributed by atoms with van der Waals surface area (Å²) in [5, 5.41) is 0. The monoisotopic (exact) mass is 308 g/mol. The molecule has 23 heavy (non-hydrogen) atoms. The molecule has 0 saturated carbocycles. The molecule has 8 nitrogen and oxygen atoms in total. The third-order valence-electron chi connectivity index (χ3n) is 3.85. The summed E-state index contributed by atoms with van der Waals surface area (Å²) in [5.74, 6) is 2.53. The zero-order valence-corrected chi connectivity index (χ0v) is 12.5. The van der Waals surface area contributed by atoms with Crippen LogP contribution in [0.25, 0.3) is 5.82 Å². The fourth-order valence-electron chi connectivity index (χ4n) is 2.64. The first kappa shape index (κ1) is 13.6. The zero-order chi connectivity index (χ0) is 15.5. The van der Waals surface area contributed by atoms with Crippen LogP contribution in [-0.4, -0.2) is 55.7 Å². The number of hydrogen-bond donors (Lipinski definition) is 0. The standard InChI is InChI=1S/C15H16N8/c1-2-17-15(18-3-1)22-8-6-21(7-9-22)13-10-14(20-11-19-13)23-5-4-16-12-23/h1-5,10-12H,6-9H2. The highest BCUT2D eigenvalue weighted by Crippen LogP contribution is 2.17. The molecule has 0 spiro atoms. The van der Waals surface area contributed by atoms with Gasteiger partial charge >= 0.3 is 0 Å². The summed E-state index contributed by atoms with van der Waals surface area (Å²) in [6, 6.07) is 3.81. The van der Waals surface area contributed by atoms with Crippen LogP contribution in [0.5, 0.6) is 0 Å². The Morgan fingerprint density at radius 2 is 1.52 bits per heavy atom. The van der Waals surface area contributed by atoms with E-state index >= 15 is 0 Å². The van der Waals surface area contributed by atoms with Gasteiger partial charge in [0.1, 0.15) is 24.3 Å². The van der Waals surface area contributed by atoms with Crippen molar-refractivity contribution in [3.05, 3.63) is 49.6 Å². The Bertz CT molecular complexity index is 750. The molecule has 0 unspecified atom stereocenters. The second-order valence-electron chi connectivity index (χ2n) is 5.23. The maximum atomic E-state index is 4.40. The maximum Gasteiger partial charge on any atom is 0.225 e. The molecule has 3 aromatic rings. The van der Waals surface area contributed by atoms with Crippen molar-refractivity contribution < 1.29 is 0 Å². The number of piperazine rings is 1. The summed E-state index contributed by atoms with van der Waals surface area (Å²) in [5.41, 5.74) is 0. The molecule has 4 heterocycles. The van der Waals surface area contributed by atoms with Gasteiger partial charge in [0.15, 0.2) is 0 Å². The SMILES string of the molecule is c1cnc(N2CCN(c3cc(-n4ccnc4)ncn3)CC2)nc1. The van der Waals surface area contributed by atoms with Crippen LogP contribution in [0, 0.1) is 0 Å². The van der Waals surface area contributed by atoms with E-state index < -0.39 is 0 Å². The van der Waals surface area contributed by atoms with Gasteiger partial charge in [-0.1, -0.05) is 0 Å². The first-order valence-electron chi connectivity index (χ1n) is 7.47. The Hall–Kier alpha value is -3.03. The van der Waals surface area contributed by atoms with Gasteiger partial charge in [0.2, 0.25) is 5.95 Å². The fraction of sp³-hybridized carbons (Fsp3) is 0.267. The van der Waals surface area contributed by atoms with Gasteiger partial charge in [0.25, 0.3) is 0 Å². The summed E-state index contributed by atoms with van der Waals surface area (Å²) < 4.78 is 1.87. The molecule has 0 bridgehead atoms. The Morgan fingerprint density at radius 3 is 2.26 bits per heavy atom. The minimum atomic E-state index is 0.786. The van der Waals surface area contributed by atoms with Crippen LogP contribution >= 0.6 is 0 Å². The molecule has 0 radical (unpaired) electrons. The first-order valence-corrected chi connectivity index (χ1v) is 7.47. The predicted molar refractivity (Wildman–Crippen MR) is 85.6 cm³/mol. The second-order valence-corrected chi connectivity index (χ2v) is 5.23. The molecule has 1 aliphatic rings. The van der Waals surface area contributed by atoms with Gasteiger partial charge in [0.05, 0.1) is 0 Å². The van der Waals surface area contributed by atoms with Gasteiger partial charge in [-0.3, -0.25) is 4.57 Å². The lowest BCUT2D eigenvalue weighted by Crippen LogP contribution is -2.47. The Morgan fingerprint density at radius 1 is 0.783 bits per heavy atom. The third kappa shape index (κ3) is 2.83. The largest absolute Gasteiger partial charge is 0.353 e. The molecule has 116 valence electrons. The molecule has 0 N–H and O–H groups in total. The maximum absolute atomic E-state index is 4.40. The smallest absolute Gasteiger partial charge is 0.225 e. The topological polar surface area (TPSA) is 75.9 Å². The molecule has 4 rings (SSSR count). The molecular weight excluding hydrogens is 292 g/mol. The molecule has 0 amide bonds. The van der Waals surface area contributed by atoms with Crippen molar-refractivity contribution in [3.63, 3.8) is 0 Å². The van der Waals surface area contributed by atoms with E-state index in [1.807, 2.05) is 22.9 Å². The molecule has 3 aromatic heterocycles. The van der Waals surface area contributed by atoms with Crippen LogP contribution in [0.2, 0.25) is 0 Å². The summed E-state index contributed by atoms with van der Waals surface area (Å²) in [6.07, 6.45) is 10.5. The quantitative estimate of drug-likeness (QED) is 0.707. The summed E-state index contributed by atoms with van der Waals surface area (Å²) in [6.45, 7) is 3.49. The molecular formula is C15H16N8. The van der Waals surface area contributed by atoms with E-state index in [4.69, 9.17) is 0 Å². The van der Waals surface area contributed by atoms with E-state index in [1.165, 1.54) is 0 Å². The van der Waals surface area contributed by atoms with Crippen molar-refractivity contribution in [2.75, 3.05) is 36.0 Å². The highest BCUT2D eigenvalue weighted by Gasteiger charge is 2.20. The van der Waals surface area contributed by atoms with Gasteiger partial charge in [-0.2, -0.15) is 0 Å². The zero-order valence-electron chi connectivity index (χ0n) is 12.5. The number of rotatable bonds is 3. The van der Waals surface area contributed by atoms with Gasteiger partial charge in [-0.15, -0.1) is 0 Å². The Kier molecular flexibility index (Phi) is 3.55. The molecule has 0 aliphatic carbocycles. The average Bonchev–Trinajstić information content (AvgIpc) is 3.18. The van der Waals surface area contributed by atoms with Crippen LogP contribution in [0.1, 0.15) is 0 Å². The van der Waals surface area contributed by atoms with Crippen molar-refractivity contribution >= 4 is 11.8 Å². The number of anilines is 2. The lowest BCUT2D eigenvalue weighted by molar-refractivity contribution is 0.633. The van der Waals surface area contributed by atoms with Crippen LogP contribution in [0.15, 0.2) is 49.6 Å². The normalized spacial score (nSPS) is 15.0. The molecule has 1 aliphatic heterocycles. The first-order chi connectivity index (χ1) is 11.4. The Balaban J connectivity index is 1.47. The Labute approximate surface area is 133 Å². The van der Waals surface area contributed by atoms with Crippen molar-refractivity contribution in [3.8, 4) is 5.82 Å². The van der Waals surface area contributed by atoms with Crippen LogP contribution < -0.4 is 9.80 Å². The lowest BCUT2D eigenvalue weighted by atomic mass is 10.3. The van der Waals surface area contributed by atoms with Gasteiger partial charge < -0.3 is 9.80 Å². The number of hydrogen-bond acceptors (Lipinski definition) is 7. The highest BCUT2D eigenvalue weighted by atomic mass is 15.3. The average molecular weight is 308 g/mol. The van der Waals surface area contributed by atoms with E-state index in [0.717, 1.165) is 43.8 Å². The van der Waals surface area contributed by atoms with E-state index in [9.17, 15) is 0 Å². The highest BCUT2D eigenvalue weighted by molar-refractivity contribution is 5.45. The van der Waals surface area contributed by atoms with Crippen molar-refractivity contribution in [2.24, 2.45) is 0 Å². The van der Waals surface area contributed by atoms with Gasteiger partial charge in [-0.05, 0) is 6.07 Å². The van der Waals surface area contributed by atoms with E-state index in [1.54, 1.807) is 31.2 Å². The predicted octanol–water partition coefficient (Wildman–Crippen LogP) is 0.779. The molecule has 1 saturated heterocycles. The van der Waals surface area contributed by atoms with Crippen molar-refractivity contribution in [1.82, 2.24) is 29.5 Å². The molecule has 8 heteroatoms. The molecule has 0 atom stereocenters. The van der Waals surface area contributed by atoms with Crippen molar-refractivity contribution in [1.29, 1.82) is 0 Å². The molecule has 1 fully saturated rings. The number of imidazole rings is 1. The minimum Gasteiger partial charge on any atom is -0.353 e. The van der Waals surface area contributed by atoms with E-state index in [2.05, 4.69) is 34.7 Å². The second kappa shape index (κ2) is 5.99.